The number of carboxylic acids is 1. The zero-order chi connectivity index (χ0) is 18.4. The fourth-order valence-corrected chi connectivity index (χ4v) is 3.11. The van der Waals surface area contributed by atoms with Crippen LogP contribution < -0.4 is 4.74 Å². The van der Waals surface area contributed by atoms with E-state index in [2.05, 4.69) is 6.92 Å². The molecule has 2 aromatic carbocycles. The number of rotatable bonds is 9. The van der Waals surface area contributed by atoms with Gasteiger partial charge in [0, 0.05) is 16.3 Å². The lowest BCUT2D eigenvalue weighted by atomic mass is 10.1. The fraction of sp³-hybridized carbons (Fsp3) is 0.318. The predicted molar refractivity (Wildman–Crippen MR) is 102 cm³/mol. The van der Waals surface area contributed by atoms with Crippen LogP contribution >= 0.6 is 0 Å². The van der Waals surface area contributed by atoms with Crippen molar-refractivity contribution in [3.63, 3.8) is 0 Å². The molecule has 0 saturated heterocycles. The molecule has 3 aromatic rings. The van der Waals surface area contributed by atoms with Crippen molar-refractivity contribution in [3.05, 3.63) is 54.8 Å². The summed E-state index contributed by atoms with van der Waals surface area (Å²) in [6.45, 7) is 2.13. The summed E-state index contributed by atoms with van der Waals surface area (Å²) in [7, 11) is 0. The van der Waals surface area contributed by atoms with E-state index < -0.39 is 5.97 Å². The second-order valence-corrected chi connectivity index (χ2v) is 6.51. The smallest absolute Gasteiger partial charge is 0.307 e. The minimum atomic E-state index is -0.829. The van der Waals surface area contributed by atoms with Gasteiger partial charge in [-0.1, -0.05) is 44.0 Å². The number of carbonyl (C=O) groups is 1. The number of carboxylic acid groups (broad SMARTS) is 1. The summed E-state index contributed by atoms with van der Waals surface area (Å²) in [5.41, 5.74) is 0.972. The highest BCUT2D eigenvalue weighted by atomic mass is 16.5. The van der Waals surface area contributed by atoms with E-state index in [0.29, 0.717) is 5.75 Å². The molecule has 0 bridgehead atoms. The molecule has 0 fully saturated rings. The molecule has 0 spiro atoms. The highest BCUT2D eigenvalue weighted by molar-refractivity contribution is 5.94. The molecule has 0 aliphatic rings. The Kier molecular flexibility index (Phi) is 5.95. The first-order valence-electron chi connectivity index (χ1n) is 9.12. The molecule has 1 N–H and O–H groups in total. The lowest BCUT2D eigenvalue weighted by molar-refractivity contribution is -0.138. The van der Waals surface area contributed by atoms with Gasteiger partial charge in [-0.25, -0.2) is 0 Å². The summed E-state index contributed by atoms with van der Waals surface area (Å²) in [6.07, 6.45) is 5.40. The average Bonchev–Trinajstić information content (AvgIpc) is 3.06. The van der Waals surface area contributed by atoms with Crippen molar-refractivity contribution in [3.8, 4) is 17.1 Å². The Labute approximate surface area is 153 Å². The predicted octanol–water partition coefficient (Wildman–Crippen LogP) is 5.90. The lowest BCUT2D eigenvalue weighted by Crippen LogP contribution is -2.20. The minimum Gasteiger partial charge on any atom is -0.490 e. The molecule has 3 rings (SSSR count). The zero-order valence-electron chi connectivity index (χ0n) is 15.0. The van der Waals surface area contributed by atoms with Crippen molar-refractivity contribution < 1.29 is 19.1 Å². The molecule has 0 amide bonds. The quantitative estimate of drug-likeness (QED) is 0.487. The fourth-order valence-electron chi connectivity index (χ4n) is 3.11. The first-order valence-corrected chi connectivity index (χ1v) is 9.12. The summed E-state index contributed by atoms with van der Waals surface area (Å²) < 4.78 is 11.6. The molecule has 4 heteroatoms. The Morgan fingerprint density at radius 2 is 1.88 bits per heavy atom. The molecule has 4 nitrogen and oxygen atoms in total. The lowest BCUT2D eigenvalue weighted by Gasteiger charge is -2.17. The van der Waals surface area contributed by atoms with Gasteiger partial charge in [-0.15, -0.1) is 0 Å². The Morgan fingerprint density at radius 1 is 1.12 bits per heavy atom. The molecule has 0 radical (unpaired) electrons. The molecule has 26 heavy (non-hydrogen) atoms. The van der Waals surface area contributed by atoms with E-state index in [1.807, 2.05) is 48.5 Å². The van der Waals surface area contributed by atoms with E-state index in [9.17, 15) is 4.79 Å². The Morgan fingerprint density at radius 3 is 2.62 bits per heavy atom. The first-order chi connectivity index (χ1) is 12.7. The third kappa shape index (κ3) is 4.45. The van der Waals surface area contributed by atoms with Gasteiger partial charge in [0.1, 0.15) is 17.6 Å². The van der Waals surface area contributed by atoms with Crippen LogP contribution in [0.4, 0.5) is 0 Å². The van der Waals surface area contributed by atoms with Crippen LogP contribution in [0.5, 0.6) is 5.75 Å². The SMILES string of the molecule is CCCCCC(CC(=O)O)Oc1ccc(-c2occ3ccccc23)cc1. The van der Waals surface area contributed by atoms with Gasteiger partial charge in [-0.2, -0.15) is 0 Å². The summed E-state index contributed by atoms with van der Waals surface area (Å²) >= 11 is 0. The Bertz CT molecular complexity index is 848. The molecule has 136 valence electrons. The van der Waals surface area contributed by atoms with Crippen molar-refractivity contribution in [1.29, 1.82) is 0 Å². The van der Waals surface area contributed by atoms with Crippen LogP contribution in [-0.2, 0) is 4.79 Å². The number of benzene rings is 2. The van der Waals surface area contributed by atoms with Crippen LogP contribution in [0.15, 0.2) is 59.2 Å². The molecule has 1 atom stereocenters. The summed E-state index contributed by atoms with van der Waals surface area (Å²) in [5, 5.41) is 11.2. The molecule has 0 saturated carbocycles. The van der Waals surface area contributed by atoms with Crippen molar-refractivity contribution in [2.24, 2.45) is 0 Å². The second kappa shape index (κ2) is 8.56. The maximum Gasteiger partial charge on any atom is 0.307 e. The maximum absolute atomic E-state index is 11.1. The second-order valence-electron chi connectivity index (χ2n) is 6.51. The maximum atomic E-state index is 11.1. The highest BCUT2D eigenvalue weighted by Gasteiger charge is 2.15. The number of hydrogen-bond donors (Lipinski definition) is 1. The van der Waals surface area contributed by atoms with Crippen LogP contribution in [0.3, 0.4) is 0 Å². The third-order valence-corrected chi connectivity index (χ3v) is 4.46. The van der Waals surface area contributed by atoms with Gasteiger partial charge < -0.3 is 14.3 Å². The molecular weight excluding hydrogens is 328 g/mol. The average molecular weight is 352 g/mol. The van der Waals surface area contributed by atoms with Gasteiger partial charge in [0.05, 0.1) is 12.7 Å². The van der Waals surface area contributed by atoms with Gasteiger partial charge in [0.2, 0.25) is 0 Å². The van der Waals surface area contributed by atoms with Crippen LogP contribution in [0.1, 0.15) is 39.0 Å². The van der Waals surface area contributed by atoms with Crippen LogP contribution in [0, 0.1) is 0 Å². The van der Waals surface area contributed by atoms with Crippen LogP contribution in [0.2, 0.25) is 0 Å². The van der Waals surface area contributed by atoms with Gasteiger partial charge in [-0.3, -0.25) is 4.79 Å². The Hall–Kier alpha value is -2.75. The molecule has 0 aliphatic carbocycles. The topological polar surface area (TPSA) is 59.7 Å². The van der Waals surface area contributed by atoms with Crippen LogP contribution in [0.25, 0.3) is 22.1 Å². The number of hydrogen-bond acceptors (Lipinski definition) is 3. The summed E-state index contributed by atoms with van der Waals surface area (Å²) in [5.74, 6) is 0.690. The molecular formula is C22H24O4. The van der Waals surface area contributed by atoms with E-state index in [-0.39, 0.29) is 12.5 Å². The zero-order valence-corrected chi connectivity index (χ0v) is 15.0. The monoisotopic (exact) mass is 352 g/mol. The van der Waals surface area contributed by atoms with Crippen molar-refractivity contribution in [2.75, 3.05) is 0 Å². The van der Waals surface area contributed by atoms with Crippen LogP contribution in [-0.4, -0.2) is 17.2 Å². The first kappa shape index (κ1) is 18.1. The largest absolute Gasteiger partial charge is 0.490 e. The summed E-state index contributed by atoms with van der Waals surface area (Å²) in [4.78, 5) is 11.1. The molecule has 1 unspecified atom stereocenters. The highest BCUT2D eigenvalue weighted by Crippen LogP contribution is 2.31. The number of ether oxygens (including phenoxy) is 1. The molecule has 1 aromatic heterocycles. The number of aliphatic carboxylic acids is 1. The van der Waals surface area contributed by atoms with Gasteiger partial charge in [0.15, 0.2) is 0 Å². The van der Waals surface area contributed by atoms with Crippen molar-refractivity contribution in [1.82, 2.24) is 0 Å². The van der Waals surface area contributed by atoms with Crippen molar-refractivity contribution in [2.45, 2.75) is 45.1 Å². The molecule has 1 heterocycles. The third-order valence-electron chi connectivity index (χ3n) is 4.46. The number of unbranched alkanes of at least 4 members (excludes halogenated alkanes) is 2. The van der Waals surface area contributed by atoms with E-state index in [1.54, 1.807) is 6.26 Å². The van der Waals surface area contributed by atoms with Crippen molar-refractivity contribution >= 4 is 16.7 Å². The minimum absolute atomic E-state index is 0.0221. The van der Waals surface area contributed by atoms with Gasteiger partial charge in [0.25, 0.3) is 0 Å². The Balaban J connectivity index is 1.72. The number of fused-ring (bicyclic) bond motifs is 1. The van der Waals surface area contributed by atoms with E-state index >= 15 is 0 Å². The van der Waals surface area contributed by atoms with E-state index in [0.717, 1.165) is 47.8 Å². The van der Waals surface area contributed by atoms with Gasteiger partial charge in [-0.05, 0) is 37.1 Å². The summed E-state index contributed by atoms with van der Waals surface area (Å²) in [6, 6.07) is 15.7. The van der Waals surface area contributed by atoms with Gasteiger partial charge >= 0.3 is 5.97 Å². The molecule has 0 aliphatic heterocycles. The number of furan rings is 1. The normalized spacial score (nSPS) is 12.2. The van der Waals surface area contributed by atoms with E-state index in [1.165, 1.54) is 0 Å². The standard InChI is InChI=1S/C22H24O4/c1-2-3-4-8-19(14-21(23)24)26-18-12-10-16(11-13-18)22-20-9-6-5-7-17(20)15-25-22/h5-7,9-13,15,19H,2-4,8,14H2,1H3,(H,23,24). The van der Waals surface area contributed by atoms with E-state index in [4.69, 9.17) is 14.3 Å².